The minimum Gasteiger partial charge on any atom is -0.492 e. The SMILES string of the molecule is COC(=O)c1cccc(OCCC(=O)NCCCCCCCCNC(=O)OC(C)(C)C)c1C(=O)OC. The van der Waals surface area contributed by atoms with E-state index in [2.05, 4.69) is 10.6 Å². The van der Waals surface area contributed by atoms with Gasteiger partial charge in [0.05, 0.1) is 32.8 Å². The van der Waals surface area contributed by atoms with Gasteiger partial charge in [0.25, 0.3) is 0 Å². The van der Waals surface area contributed by atoms with E-state index in [1.807, 2.05) is 20.8 Å². The summed E-state index contributed by atoms with van der Waals surface area (Å²) in [5, 5.41) is 5.60. The number of esters is 2. The highest BCUT2D eigenvalue weighted by Crippen LogP contribution is 2.24. The van der Waals surface area contributed by atoms with E-state index in [1.165, 1.54) is 26.4 Å². The number of benzene rings is 1. The van der Waals surface area contributed by atoms with Gasteiger partial charge >= 0.3 is 18.0 Å². The summed E-state index contributed by atoms with van der Waals surface area (Å²) in [6.45, 7) is 6.71. The lowest BCUT2D eigenvalue weighted by atomic mass is 10.1. The molecular formula is C26H40N2O8. The highest BCUT2D eigenvalue weighted by molar-refractivity contribution is 6.05. The lowest BCUT2D eigenvalue weighted by Crippen LogP contribution is -2.32. The Morgan fingerprint density at radius 1 is 0.806 bits per heavy atom. The first-order valence-corrected chi connectivity index (χ1v) is 12.2. The van der Waals surface area contributed by atoms with Crippen molar-refractivity contribution in [3.05, 3.63) is 29.3 Å². The standard InChI is InChI=1S/C26H40N2O8/c1-26(2,3)36-25(32)28-17-11-9-7-6-8-10-16-27-21(29)15-18-35-20-14-12-13-19(23(30)33-4)22(20)24(31)34-5/h12-14H,6-11,15-18H2,1-5H3,(H,27,29)(H,28,32). The van der Waals surface area contributed by atoms with Gasteiger partial charge in [-0.15, -0.1) is 0 Å². The van der Waals surface area contributed by atoms with Crippen LogP contribution in [0.5, 0.6) is 5.75 Å². The van der Waals surface area contributed by atoms with Crippen LogP contribution < -0.4 is 15.4 Å². The van der Waals surface area contributed by atoms with Crippen LogP contribution in [0.4, 0.5) is 4.79 Å². The van der Waals surface area contributed by atoms with Gasteiger partial charge in [0.1, 0.15) is 16.9 Å². The fourth-order valence-electron chi connectivity index (χ4n) is 3.28. The Hall–Kier alpha value is -3.30. The topological polar surface area (TPSA) is 129 Å². The second-order valence-electron chi connectivity index (χ2n) is 9.16. The number of methoxy groups -OCH3 is 2. The van der Waals surface area contributed by atoms with Crippen LogP contribution in [0.25, 0.3) is 0 Å². The minimum absolute atomic E-state index is 0.0330. The maximum Gasteiger partial charge on any atom is 0.407 e. The second-order valence-corrected chi connectivity index (χ2v) is 9.16. The molecule has 0 fully saturated rings. The van der Waals surface area contributed by atoms with Crippen LogP contribution in [-0.4, -0.2) is 63.5 Å². The van der Waals surface area contributed by atoms with Gasteiger partial charge in [0.15, 0.2) is 0 Å². The first kappa shape index (κ1) is 30.7. The molecule has 36 heavy (non-hydrogen) atoms. The van der Waals surface area contributed by atoms with E-state index in [0.29, 0.717) is 13.1 Å². The molecule has 0 aliphatic rings. The molecule has 1 rings (SSSR count). The summed E-state index contributed by atoms with van der Waals surface area (Å²) in [4.78, 5) is 47.7. The Morgan fingerprint density at radius 3 is 1.97 bits per heavy atom. The molecule has 202 valence electrons. The summed E-state index contributed by atoms with van der Waals surface area (Å²) in [7, 11) is 2.42. The molecule has 2 N–H and O–H groups in total. The van der Waals surface area contributed by atoms with Crippen molar-refractivity contribution < 1.29 is 38.1 Å². The fourth-order valence-corrected chi connectivity index (χ4v) is 3.28. The molecule has 0 saturated heterocycles. The quantitative estimate of drug-likeness (QED) is 0.207. The van der Waals surface area contributed by atoms with Crippen LogP contribution >= 0.6 is 0 Å². The highest BCUT2D eigenvalue weighted by Gasteiger charge is 2.23. The molecule has 1 aromatic carbocycles. The molecule has 0 heterocycles. The second kappa shape index (κ2) is 16.4. The number of rotatable bonds is 15. The summed E-state index contributed by atoms with van der Waals surface area (Å²) >= 11 is 0. The number of alkyl carbamates (subject to hydrolysis) is 1. The molecule has 0 aliphatic carbocycles. The van der Waals surface area contributed by atoms with Gasteiger partial charge in [-0.1, -0.05) is 31.7 Å². The molecule has 0 saturated carbocycles. The molecule has 0 radical (unpaired) electrons. The van der Waals surface area contributed by atoms with Gasteiger partial charge in [0, 0.05) is 13.1 Å². The van der Waals surface area contributed by atoms with Crippen LogP contribution in [0.15, 0.2) is 18.2 Å². The van der Waals surface area contributed by atoms with Crippen molar-refractivity contribution in [2.45, 2.75) is 71.3 Å². The van der Waals surface area contributed by atoms with Crippen molar-refractivity contribution in [1.82, 2.24) is 10.6 Å². The van der Waals surface area contributed by atoms with E-state index in [-0.39, 0.29) is 41.9 Å². The average molecular weight is 509 g/mol. The van der Waals surface area contributed by atoms with Gasteiger partial charge in [-0.05, 0) is 45.7 Å². The largest absolute Gasteiger partial charge is 0.492 e. The smallest absolute Gasteiger partial charge is 0.407 e. The third-order valence-electron chi connectivity index (χ3n) is 5.00. The Kier molecular flexibility index (Phi) is 14.0. The van der Waals surface area contributed by atoms with Crippen LogP contribution in [0, 0.1) is 0 Å². The molecule has 0 atom stereocenters. The van der Waals surface area contributed by atoms with E-state index in [4.69, 9.17) is 18.9 Å². The number of unbranched alkanes of at least 4 members (excludes halogenated alkanes) is 5. The molecule has 0 spiro atoms. The monoisotopic (exact) mass is 508 g/mol. The summed E-state index contributed by atoms with van der Waals surface area (Å²) in [6, 6.07) is 4.54. The Morgan fingerprint density at radius 2 is 1.39 bits per heavy atom. The number of carbonyl (C=O) groups is 4. The van der Waals surface area contributed by atoms with E-state index in [1.54, 1.807) is 6.07 Å². The highest BCUT2D eigenvalue weighted by atomic mass is 16.6. The van der Waals surface area contributed by atoms with Gasteiger partial charge in [-0.25, -0.2) is 14.4 Å². The Balaban J connectivity index is 2.20. The molecule has 0 aromatic heterocycles. The lowest BCUT2D eigenvalue weighted by Gasteiger charge is -2.19. The van der Waals surface area contributed by atoms with Crippen molar-refractivity contribution in [2.24, 2.45) is 0 Å². The van der Waals surface area contributed by atoms with Crippen LogP contribution in [0.3, 0.4) is 0 Å². The number of amides is 2. The molecule has 0 unspecified atom stereocenters. The van der Waals surface area contributed by atoms with E-state index in [9.17, 15) is 19.2 Å². The molecule has 1 aromatic rings. The zero-order chi connectivity index (χ0) is 27.0. The Bertz CT molecular complexity index is 864. The van der Waals surface area contributed by atoms with E-state index in [0.717, 1.165) is 38.5 Å². The maximum atomic E-state index is 12.1. The third-order valence-corrected chi connectivity index (χ3v) is 5.00. The number of hydrogen-bond acceptors (Lipinski definition) is 8. The van der Waals surface area contributed by atoms with Crippen molar-refractivity contribution in [3.63, 3.8) is 0 Å². The number of hydrogen-bond donors (Lipinski definition) is 2. The average Bonchev–Trinajstić information content (AvgIpc) is 2.82. The molecular weight excluding hydrogens is 468 g/mol. The van der Waals surface area contributed by atoms with Crippen LogP contribution in [0.2, 0.25) is 0 Å². The molecule has 10 heteroatoms. The van der Waals surface area contributed by atoms with Gasteiger partial charge in [-0.3, -0.25) is 4.79 Å². The van der Waals surface area contributed by atoms with Crippen molar-refractivity contribution in [2.75, 3.05) is 33.9 Å². The molecule has 0 bridgehead atoms. The predicted octanol–water partition coefficient (Wildman–Crippen LogP) is 4.01. The molecule has 0 aliphatic heterocycles. The summed E-state index contributed by atoms with van der Waals surface area (Å²) in [6.07, 6.45) is 5.62. The first-order chi connectivity index (χ1) is 17.1. The van der Waals surface area contributed by atoms with E-state index >= 15 is 0 Å². The van der Waals surface area contributed by atoms with E-state index < -0.39 is 17.5 Å². The van der Waals surface area contributed by atoms with Crippen LogP contribution in [-0.2, 0) is 19.0 Å². The van der Waals surface area contributed by atoms with Crippen molar-refractivity contribution >= 4 is 23.9 Å². The van der Waals surface area contributed by atoms with Gasteiger partial charge < -0.3 is 29.6 Å². The number of nitrogens with one attached hydrogen (secondary N) is 2. The lowest BCUT2D eigenvalue weighted by molar-refractivity contribution is -0.121. The number of ether oxygens (including phenoxy) is 4. The van der Waals surface area contributed by atoms with Crippen molar-refractivity contribution in [3.8, 4) is 5.75 Å². The number of carbonyl (C=O) groups excluding carboxylic acids is 4. The third kappa shape index (κ3) is 12.4. The van der Waals surface area contributed by atoms with Gasteiger partial charge in [-0.2, -0.15) is 0 Å². The van der Waals surface area contributed by atoms with Crippen LogP contribution in [0.1, 0.15) is 86.4 Å². The predicted molar refractivity (Wildman–Crippen MR) is 134 cm³/mol. The van der Waals surface area contributed by atoms with Gasteiger partial charge in [0.2, 0.25) is 5.91 Å². The summed E-state index contributed by atoms with van der Waals surface area (Å²) in [5.41, 5.74) is -0.489. The summed E-state index contributed by atoms with van der Waals surface area (Å²) in [5.74, 6) is -1.42. The normalized spacial score (nSPS) is 10.8. The Labute approximate surface area is 213 Å². The zero-order valence-corrected chi connectivity index (χ0v) is 22.1. The summed E-state index contributed by atoms with van der Waals surface area (Å²) < 4.78 is 20.2. The first-order valence-electron chi connectivity index (χ1n) is 12.2. The molecule has 2 amide bonds. The fraction of sp³-hybridized carbons (Fsp3) is 0.615. The molecule has 10 nitrogen and oxygen atoms in total. The zero-order valence-electron chi connectivity index (χ0n) is 22.1. The minimum atomic E-state index is -0.727. The van der Waals surface area contributed by atoms with Crippen molar-refractivity contribution in [1.29, 1.82) is 0 Å². The maximum absolute atomic E-state index is 12.1.